The van der Waals surface area contributed by atoms with Crippen LogP contribution in [-0.2, 0) is 0 Å². The second-order valence-corrected chi connectivity index (χ2v) is 16.5. The highest BCUT2D eigenvalue weighted by atomic mass is 15.1. The molecule has 0 spiro atoms. The van der Waals surface area contributed by atoms with Crippen LogP contribution in [0.15, 0.2) is 255 Å². The Labute approximate surface area is 373 Å². The normalized spacial score (nSPS) is 11.4. The van der Waals surface area contributed by atoms with Gasteiger partial charge in [0, 0.05) is 33.5 Å². The van der Waals surface area contributed by atoms with Gasteiger partial charge in [-0.3, -0.25) is 0 Å². The van der Waals surface area contributed by atoms with E-state index >= 15 is 0 Å². The Morgan fingerprint density at radius 1 is 0.266 bits per heavy atom. The van der Waals surface area contributed by atoms with Gasteiger partial charge in [-0.1, -0.05) is 188 Å². The van der Waals surface area contributed by atoms with Crippen LogP contribution in [0.4, 0.5) is 17.1 Å². The Balaban J connectivity index is 0.980. The molecule has 0 aliphatic carbocycles. The van der Waals surface area contributed by atoms with Gasteiger partial charge in [0.15, 0.2) is 0 Å². The van der Waals surface area contributed by atoms with Crippen LogP contribution in [0, 0.1) is 0 Å². The topological polar surface area (TPSA) is 8.17 Å². The summed E-state index contributed by atoms with van der Waals surface area (Å²) in [6.45, 7) is 0. The van der Waals surface area contributed by atoms with Crippen LogP contribution >= 0.6 is 0 Å². The Morgan fingerprint density at radius 2 is 0.797 bits per heavy atom. The maximum Gasteiger partial charge on any atom is 0.0547 e. The summed E-state index contributed by atoms with van der Waals surface area (Å²) in [7, 11) is 0. The van der Waals surface area contributed by atoms with Crippen molar-refractivity contribution in [1.29, 1.82) is 0 Å². The van der Waals surface area contributed by atoms with Gasteiger partial charge >= 0.3 is 0 Å². The Kier molecular flexibility index (Phi) is 9.20. The van der Waals surface area contributed by atoms with Gasteiger partial charge in [0.25, 0.3) is 0 Å². The van der Waals surface area contributed by atoms with Crippen molar-refractivity contribution < 1.29 is 0 Å². The lowest BCUT2D eigenvalue weighted by Crippen LogP contribution is -2.10. The van der Waals surface area contributed by atoms with Crippen molar-refractivity contribution in [2.24, 2.45) is 0 Å². The lowest BCUT2D eigenvalue weighted by atomic mass is 9.94. The Morgan fingerprint density at radius 3 is 1.56 bits per heavy atom. The second kappa shape index (κ2) is 15.8. The maximum absolute atomic E-state index is 2.39. The van der Waals surface area contributed by atoms with E-state index in [1.807, 2.05) is 0 Å². The molecule has 0 aliphatic rings. The van der Waals surface area contributed by atoms with Crippen molar-refractivity contribution in [3.63, 3.8) is 0 Å². The molecular weight excluding hydrogens is 773 g/mol. The van der Waals surface area contributed by atoms with Gasteiger partial charge in [-0.2, -0.15) is 0 Å². The molecular formula is C62H42N2. The molecule has 0 unspecified atom stereocenters. The van der Waals surface area contributed by atoms with Crippen LogP contribution in [-0.4, -0.2) is 4.57 Å². The minimum absolute atomic E-state index is 1.09. The lowest BCUT2D eigenvalue weighted by Gasteiger charge is -2.26. The fourth-order valence-electron chi connectivity index (χ4n) is 9.76. The van der Waals surface area contributed by atoms with Crippen LogP contribution in [0.25, 0.3) is 93.5 Å². The van der Waals surface area contributed by atoms with Gasteiger partial charge in [-0.05, 0) is 133 Å². The van der Waals surface area contributed by atoms with E-state index in [0.717, 1.165) is 28.3 Å². The summed E-state index contributed by atoms with van der Waals surface area (Å²) in [6.07, 6.45) is 0. The van der Waals surface area contributed by atoms with Crippen LogP contribution in [0.1, 0.15) is 0 Å². The molecule has 0 fully saturated rings. The molecule has 12 aromatic rings. The molecule has 64 heavy (non-hydrogen) atoms. The number of hydrogen-bond acceptors (Lipinski definition) is 1. The minimum Gasteiger partial charge on any atom is -0.310 e. The summed E-state index contributed by atoms with van der Waals surface area (Å²) in [5.74, 6) is 0. The summed E-state index contributed by atoms with van der Waals surface area (Å²) in [4.78, 5) is 2.39. The van der Waals surface area contributed by atoms with Crippen molar-refractivity contribution in [3.8, 4) is 50.2 Å². The molecule has 0 bridgehead atoms. The lowest BCUT2D eigenvalue weighted by molar-refractivity contribution is 1.18. The quantitative estimate of drug-likeness (QED) is 0.139. The van der Waals surface area contributed by atoms with E-state index in [4.69, 9.17) is 0 Å². The van der Waals surface area contributed by atoms with E-state index in [-0.39, 0.29) is 0 Å². The predicted octanol–water partition coefficient (Wildman–Crippen LogP) is 17.2. The summed E-state index contributed by atoms with van der Waals surface area (Å²) in [6, 6.07) is 92.6. The first kappa shape index (κ1) is 37.3. The number of para-hydroxylation sites is 2. The third-order valence-electron chi connectivity index (χ3n) is 12.8. The summed E-state index contributed by atoms with van der Waals surface area (Å²) < 4.78 is 2.39. The van der Waals surface area contributed by atoms with Crippen molar-refractivity contribution in [2.45, 2.75) is 0 Å². The molecule has 0 atom stereocenters. The largest absolute Gasteiger partial charge is 0.310 e. The fourth-order valence-corrected chi connectivity index (χ4v) is 9.76. The molecule has 0 saturated heterocycles. The number of fused-ring (bicyclic) bond motifs is 6. The highest BCUT2D eigenvalue weighted by Gasteiger charge is 2.19. The first-order valence-electron chi connectivity index (χ1n) is 22.0. The van der Waals surface area contributed by atoms with Crippen LogP contribution in [0.2, 0.25) is 0 Å². The highest BCUT2D eigenvalue weighted by molar-refractivity contribution is 6.16. The Bertz CT molecular complexity index is 3640. The molecule has 1 aromatic heterocycles. The summed E-state index contributed by atoms with van der Waals surface area (Å²) in [5.41, 5.74) is 16.4. The minimum atomic E-state index is 1.09. The molecule has 0 amide bonds. The predicted molar refractivity (Wildman–Crippen MR) is 272 cm³/mol. The first-order chi connectivity index (χ1) is 31.7. The Hall–Kier alpha value is -8.46. The molecule has 0 radical (unpaired) electrons. The number of nitrogens with zero attached hydrogens (tertiary/aromatic N) is 2. The van der Waals surface area contributed by atoms with Crippen molar-refractivity contribution >= 4 is 60.4 Å². The first-order valence-corrected chi connectivity index (χ1v) is 22.0. The van der Waals surface area contributed by atoms with Gasteiger partial charge in [-0.25, -0.2) is 0 Å². The van der Waals surface area contributed by atoms with Crippen molar-refractivity contribution in [2.75, 3.05) is 4.90 Å². The summed E-state index contributed by atoms with van der Waals surface area (Å²) >= 11 is 0. The average molecular weight is 815 g/mol. The standard InChI is InChI=1S/C62H42N2/c1-3-15-44(16-4-1)54-23-9-10-24-56(54)46-33-38-52(39-34-46)63(51-36-31-43(32-37-51)47-35-40-57-49(41-47)30-29-45-17-7-8-22-55(45)57)53-21-13-18-48(42-53)58-26-14-28-61-62(58)59-25-11-12-27-60(59)64(61)50-19-5-2-6-20-50/h1-42H. The monoisotopic (exact) mass is 814 g/mol. The number of benzene rings is 11. The number of hydrogen-bond donors (Lipinski definition) is 0. The smallest absolute Gasteiger partial charge is 0.0547 e. The molecule has 0 N–H and O–H groups in total. The number of anilines is 3. The van der Waals surface area contributed by atoms with Crippen LogP contribution in [0.3, 0.4) is 0 Å². The van der Waals surface area contributed by atoms with E-state index in [2.05, 4.69) is 264 Å². The maximum atomic E-state index is 2.39. The van der Waals surface area contributed by atoms with E-state index in [0.29, 0.717) is 0 Å². The van der Waals surface area contributed by atoms with Gasteiger partial charge in [0.1, 0.15) is 0 Å². The van der Waals surface area contributed by atoms with E-state index in [9.17, 15) is 0 Å². The van der Waals surface area contributed by atoms with E-state index in [1.165, 1.54) is 82.3 Å². The van der Waals surface area contributed by atoms with E-state index < -0.39 is 0 Å². The molecule has 12 rings (SSSR count). The molecule has 0 saturated carbocycles. The zero-order valence-corrected chi connectivity index (χ0v) is 35.1. The number of rotatable bonds is 8. The SMILES string of the molecule is c1ccc(-c2ccccc2-c2ccc(N(c3ccc(-c4ccc5c(ccc6ccccc65)c4)cc3)c3cccc(-c4cccc5c4c4ccccc4n5-c4ccccc4)c3)cc2)cc1. The van der Waals surface area contributed by atoms with Crippen LogP contribution < -0.4 is 4.90 Å². The fraction of sp³-hybridized carbons (Fsp3) is 0. The highest BCUT2D eigenvalue weighted by Crippen LogP contribution is 2.43. The average Bonchev–Trinajstić information content (AvgIpc) is 3.72. The van der Waals surface area contributed by atoms with Gasteiger partial charge in [0.2, 0.25) is 0 Å². The van der Waals surface area contributed by atoms with E-state index in [1.54, 1.807) is 0 Å². The third kappa shape index (κ3) is 6.52. The zero-order chi connectivity index (χ0) is 42.4. The zero-order valence-electron chi connectivity index (χ0n) is 35.1. The van der Waals surface area contributed by atoms with Gasteiger partial charge in [0.05, 0.1) is 11.0 Å². The van der Waals surface area contributed by atoms with Crippen molar-refractivity contribution in [1.82, 2.24) is 4.57 Å². The molecule has 0 aliphatic heterocycles. The second-order valence-electron chi connectivity index (χ2n) is 16.5. The third-order valence-corrected chi connectivity index (χ3v) is 12.8. The van der Waals surface area contributed by atoms with Crippen LogP contribution in [0.5, 0.6) is 0 Å². The van der Waals surface area contributed by atoms with Gasteiger partial charge in [-0.15, -0.1) is 0 Å². The summed E-state index contributed by atoms with van der Waals surface area (Å²) in [5, 5.41) is 7.56. The van der Waals surface area contributed by atoms with Gasteiger partial charge < -0.3 is 9.47 Å². The number of aromatic nitrogens is 1. The molecule has 1 heterocycles. The molecule has 11 aromatic carbocycles. The molecule has 2 heteroatoms. The molecule has 300 valence electrons. The molecule has 2 nitrogen and oxygen atoms in total. The van der Waals surface area contributed by atoms with Crippen molar-refractivity contribution in [3.05, 3.63) is 255 Å².